The van der Waals surface area contributed by atoms with E-state index in [1.807, 2.05) is 0 Å². The smallest absolute Gasteiger partial charge is 0.256 e. The second kappa shape index (κ2) is 6.91. The molecule has 8 heteroatoms. The van der Waals surface area contributed by atoms with Crippen LogP contribution in [0.3, 0.4) is 0 Å². The molecule has 1 aliphatic carbocycles. The first-order chi connectivity index (χ1) is 11.1. The third kappa shape index (κ3) is 3.58. The summed E-state index contributed by atoms with van der Waals surface area (Å²) in [6.07, 6.45) is 7.72. The number of amides is 2. The minimum Gasteiger partial charge on any atom is -0.365 e. The molecule has 7 nitrogen and oxygen atoms in total. The topological polar surface area (TPSA) is 111 Å². The maximum Gasteiger partial charge on any atom is 0.256 e. The fourth-order valence-electron chi connectivity index (χ4n) is 2.91. The van der Waals surface area contributed by atoms with E-state index in [-0.39, 0.29) is 23.0 Å². The second-order valence-electron chi connectivity index (χ2n) is 5.67. The SMILES string of the molecule is NC(=O)c1c(-c2nccs2)noc1NC(=O)CCC1CCCC1. The molecule has 2 amide bonds. The lowest BCUT2D eigenvalue weighted by atomic mass is 10.0. The van der Waals surface area contributed by atoms with Crippen LogP contribution in [0.15, 0.2) is 16.1 Å². The van der Waals surface area contributed by atoms with Gasteiger partial charge in [0.15, 0.2) is 5.69 Å². The Morgan fingerprint density at radius 3 is 2.83 bits per heavy atom. The maximum atomic E-state index is 12.1. The molecular formula is C15H18N4O3S. The van der Waals surface area contributed by atoms with E-state index in [0.29, 0.717) is 17.3 Å². The number of primary amides is 1. The Balaban J connectivity index is 1.69. The van der Waals surface area contributed by atoms with Crippen LogP contribution in [0.5, 0.6) is 0 Å². The van der Waals surface area contributed by atoms with Gasteiger partial charge in [-0.15, -0.1) is 11.3 Å². The van der Waals surface area contributed by atoms with Gasteiger partial charge in [-0.25, -0.2) is 4.98 Å². The first-order valence-electron chi connectivity index (χ1n) is 7.64. The van der Waals surface area contributed by atoms with Crippen molar-refractivity contribution in [3.05, 3.63) is 17.1 Å². The summed E-state index contributed by atoms with van der Waals surface area (Å²) in [6, 6.07) is 0. The molecule has 2 aromatic heterocycles. The van der Waals surface area contributed by atoms with Gasteiger partial charge in [0.25, 0.3) is 5.91 Å². The number of nitrogens with one attached hydrogen (secondary N) is 1. The highest BCUT2D eigenvalue weighted by Gasteiger charge is 2.25. The van der Waals surface area contributed by atoms with Crippen LogP contribution < -0.4 is 11.1 Å². The van der Waals surface area contributed by atoms with Gasteiger partial charge in [-0.05, 0) is 12.3 Å². The van der Waals surface area contributed by atoms with Crippen molar-refractivity contribution in [3.8, 4) is 10.7 Å². The first kappa shape index (κ1) is 15.7. The quantitative estimate of drug-likeness (QED) is 0.843. The van der Waals surface area contributed by atoms with Crippen LogP contribution in [-0.2, 0) is 4.79 Å². The van der Waals surface area contributed by atoms with E-state index in [9.17, 15) is 9.59 Å². The number of nitrogens with two attached hydrogens (primary N) is 1. The average Bonchev–Trinajstić information content (AvgIpc) is 3.25. The number of carbonyl (C=O) groups is 2. The Morgan fingerprint density at radius 2 is 2.17 bits per heavy atom. The third-order valence-electron chi connectivity index (χ3n) is 4.08. The predicted octanol–water partition coefficient (Wildman–Crippen LogP) is 2.81. The molecule has 0 bridgehead atoms. The lowest BCUT2D eigenvalue weighted by Gasteiger charge is -2.08. The van der Waals surface area contributed by atoms with E-state index in [1.165, 1.54) is 37.0 Å². The molecule has 1 aliphatic rings. The first-order valence-corrected chi connectivity index (χ1v) is 8.52. The number of hydrogen-bond donors (Lipinski definition) is 2. The van der Waals surface area contributed by atoms with Crippen LogP contribution in [0.2, 0.25) is 0 Å². The number of nitrogens with zero attached hydrogens (tertiary/aromatic N) is 2. The molecule has 3 N–H and O–H groups in total. The van der Waals surface area contributed by atoms with Crippen LogP contribution in [0, 0.1) is 5.92 Å². The molecule has 1 fully saturated rings. The molecule has 0 aromatic carbocycles. The van der Waals surface area contributed by atoms with E-state index in [0.717, 1.165) is 6.42 Å². The Kier molecular flexibility index (Phi) is 4.71. The summed E-state index contributed by atoms with van der Waals surface area (Å²) in [4.78, 5) is 27.9. The van der Waals surface area contributed by atoms with Crippen molar-refractivity contribution in [1.82, 2.24) is 10.1 Å². The summed E-state index contributed by atoms with van der Waals surface area (Å²) in [5, 5.41) is 8.71. The highest BCUT2D eigenvalue weighted by molar-refractivity contribution is 7.13. The van der Waals surface area contributed by atoms with Crippen molar-refractivity contribution < 1.29 is 14.1 Å². The lowest BCUT2D eigenvalue weighted by molar-refractivity contribution is -0.116. The Bertz CT molecular complexity index is 690. The van der Waals surface area contributed by atoms with E-state index in [2.05, 4.69) is 15.5 Å². The third-order valence-corrected chi connectivity index (χ3v) is 4.86. The van der Waals surface area contributed by atoms with Crippen molar-refractivity contribution in [1.29, 1.82) is 0 Å². The van der Waals surface area contributed by atoms with Crippen LogP contribution in [0.25, 0.3) is 10.7 Å². The number of aromatic nitrogens is 2. The molecule has 0 aliphatic heterocycles. The fraction of sp³-hybridized carbons (Fsp3) is 0.467. The predicted molar refractivity (Wildman–Crippen MR) is 86.0 cm³/mol. The number of carbonyl (C=O) groups excluding carboxylic acids is 2. The van der Waals surface area contributed by atoms with Crippen LogP contribution in [0.4, 0.5) is 5.88 Å². The number of anilines is 1. The standard InChI is InChI=1S/C15H18N4O3S/c16-13(21)11-12(15-17-7-8-23-15)19-22-14(11)18-10(20)6-5-9-3-1-2-4-9/h7-9H,1-6H2,(H2,16,21)(H,18,20). The summed E-state index contributed by atoms with van der Waals surface area (Å²) < 4.78 is 5.11. The van der Waals surface area contributed by atoms with Gasteiger partial charge in [0.1, 0.15) is 10.6 Å². The van der Waals surface area contributed by atoms with E-state index in [1.54, 1.807) is 11.6 Å². The van der Waals surface area contributed by atoms with Gasteiger partial charge < -0.3 is 10.3 Å². The minimum atomic E-state index is -0.706. The zero-order valence-electron chi connectivity index (χ0n) is 12.6. The fourth-order valence-corrected chi connectivity index (χ4v) is 3.54. The normalized spacial score (nSPS) is 15.0. The second-order valence-corrected chi connectivity index (χ2v) is 6.57. The number of hydrogen-bond acceptors (Lipinski definition) is 6. The molecule has 0 spiro atoms. The van der Waals surface area contributed by atoms with Gasteiger partial charge in [-0.2, -0.15) is 0 Å². The molecule has 23 heavy (non-hydrogen) atoms. The van der Waals surface area contributed by atoms with Crippen molar-refractivity contribution in [3.63, 3.8) is 0 Å². The van der Waals surface area contributed by atoms with Gasteiger partial charge in [0.05, 0.1) is 0 Å². The van der Waals surface area contributed by atoms with Gasteiger partial charge in [-0.3, -0.25) is 14.9 Å². The summed E-state index contributed by atoms with van der Waals surface area (Å²) in [5.41, 5.74) is 5.73. The van der Waals surface area contributed by atoms with Crippen LogP contribution in [0.1, 0.15) is 48.9 Å². The molecule has 1 saturated carbocycles. The summed E-state index contributed by atoms with van der Waals surface area (Å²) in [6.45, 7) is 0. The van der Waals surface area contributed by atoms with Gasteiger partial charge in [-0.1, -0.05) is 30.8 Å². The molecular weight excluding hydrogens is 316 g/mol. The van der Waals surface area contributed by atoms with E-state index in [4.69, 9.17) is 10.3 Å². The highest BCUT2D eigenvalue weighted by atomic mass is 32.1. The van der Waals surface area contributed by atoms with Crippen molar-refractivity contribution in [2.24, 2.45) is 11.7 Å². The summed E-state index contributed by atoms with van der Waals surface area (Å²) in [5.74, 6) is -0.278. The lowest BCUT2D eigenvalue weighted by Crippen LogP contribution is -2.18. The molecule has 2 aromatic rings. The number of thiazole rings is 1. The van der Waals surface area contributed by atoms with Crippen molar-refractivity contribution >= 4 is 29.0 Å². The monoisotopic (exact) mass is 334 g/mol. The Labute approximate surface area is 137 Å². The van der Waals surface area contributed by atoms with Crippen LogP contribution in [-0.4, -0.2) is 22.0 Å². The Morgan fingerprint density at radius 1 is 1.39 bits per heavy atom. The molecule has 0 atom stereocenters. The zero-order valence-corrected chi connectivity index (χ0v) is 13.4. The van der Waals surface area contributed by atoms with Gasteiger partial charge in [0, 0.05) is 18.0 Å². The largest absolute Gasteiger partial charge is 0.365 e. The molecule has 2 heterocycles. The average molecular weight is 334 g/mol. The minimum absolute atomic E-state index is 0.000813. The van der Waals surface area contributed by atoms with Crippen LogP contribution >= 0.6 is 11.3 Å². The van der Waals surface area contributed by atoms with E-state index >= 15 is 0 Å². The summed E-state index contributed by atoms with van der Waals surface area (Å²) >= 11 is 1.31. The van der Waals surface area contributed by atoms with Crippen molar-refractivity contribution in [2.45, 2.75) is 38.5 Å². The van der Waals surface area contributed by atoms with Crippen molar-refractivity contribution in [2.75, 3.05) is 5.32 Å². The molecule has 122 valence electrons. The molecule has 0 unspecified atom stereocenters. The van der Waals surface area contributed by atoms with Gasteiger partial charge >= 0.3 is 0 Å². The summed E-state index contributed by atoms with van der Waals surface area (Å²) in [7, 11) is 0. The Hall–Kier alpha value is -2.22. The highest BCUT2D eigenvalue weighted by Crippen LogP contribution is 2.31. The molecule has 0 saturated heterocycles. The number of rotatable bonds is 6. The molecule has 3 rings (SSSR count). The molecule has 0 radical (unpaired) electrons. The maximum absolute atomic E-state index is 12.1. The van der Waals surface area contributed by atoms with Gasteiger partial charge in [0.2, 0.25) is 11.8 Å². The zero-order chi connectivity index (χ0) is 16.2. The van der Waals surface area contributed by atoms with E-state index < -0.39 is 5.91 Å².